The number of hydrogen-bond acceptors (Lipinski definition) is 8. The van der Waals surface area contributed by atoms with Gasteiger partial charge >= 0.3 is 0 Å². The number of thiazole rings is 1. The Balaban J connectivity index is 1.39. The molecule has 2 aliphatic heterocycles. The van der Waals surface area contributed by atoms with Crippen molar-refractivity contribution >= 4 is 28.2 Å². The van der Waals surface area contributed by atoms with Crippen molar-refractivity contribution in [1.29, 1.82) is 0 Å². The highest BCUT2D eigenvalue weighted by molar-refractivity contribution is 7.15. The fourth-order valence-corrected chi connectivity index (χ4v) is 3.90. The number of nitrogens with one attached hydrogen (secondary N) is 1. The van der Waals surface area contributed by atoms with Crippen LogP contribution in [0.2, 0.25) is 0 Å². The van der Waals surface area contributed by atoms with Crippen LogP contribution in [0.15, 0.2) is 18.5 Å². The van der Waals surface area contributed by atoms with E-state index < -0.39 is 0 Å². The zero-order valence-corrected chi connectivity index (χ0v) is 14.6. The molecule has 0 aromatic carbocycles. The summed E-state index contributed by atoms with van der Waals surface area (Å²) in [6, 6.07) is 2.32. The SMILES string of the molecule is Cc1cnc(N2CCC(Nc3nccc(N4CCOCC4)n3)C2)s1. The molecule has 7 nitrogen and oxygen atoms in total. The maximum Gasteiger partial charge on any atom is 0.224 e. The van der Waals surface area contributed by atoms with Crippen LogP contribution < -0.4 is 15.1 Å². The molecule has 8 heteroatoms. The summed E-state index contributed by atoms with van der Waals surface area (Å²) < 4.78 is 5.40. The van der Waals surface area contributed by atoms with Gasteiger partial charge in [-0.3, -0.25) is 0 Å². The van der Waals surface area contributed by atoms with Gasteiger partial charge in [0.15, 0.2) is 5.13 Å². The smallest absolute Gasteiger partial charge is 0.224 e. The van der Waals surface area contributed by atoms with Crippen molar-refractivity contribution in [2.45, 2.75) is 19.4 Å². The lowest BCUT2D eigenvalue weighted by Gasteiger charge is -2.28. The van der Waals surface area contributed by atoms with E-state index in [1.54, 1.807) is 11.3 Å². The van der Waals surface area contributed by atoms with Crippen LogP contribution in [-0.2, 0) is 4.74 Å². The van der Waals surface area contributed by atoms with Crippen LogP contribution in [0.25, 0.3) is 0 Å². The van der Waals surface area contributed by atoms with Gasteiger partial charge in [0, 0.05) is 49.5 Å². The molecule has 1 unspecified atom stereocenters. The molecular formula is C16H22N6OS. The molecule has 0 saturated carbocycles. The van der Waals surface area contributed by atoms with Gasteiger partial charge in [-0.15, -0.1) is 11.3 Å². The molecule has 128 valence electrons. The number of anilines is 3. The summed E-state index contributed by atoms with van der Waals surface area (Å²) in [6.45, 7) is 7.35. The van der Waals surface area contributed by atoms with Crippen LogP contribution in [0.1, 0.15) is 11.3 Å². The second-order valence-electron chi connectivity index (χ2n) is 6.17. The number of nitrogens with zero attached hydrogens (tertiary/aromatic N) is 5. The van der Waals surface area contributed by atoms with Crippen molar-refractivity contribution in [3.8, 4) is 0 Å². The zero-order valence-electron chi connectivity index (χ0n) is 13.8. The normalized spacial score (nSPS) is 21.3. The summed E-state index contributed by atoms with van der Waals surface area (Å²) in [5, 5.41) is 4.59. The van der Waals surface area contributed by atoms with Gasteiger partial charge in [0.1, 0.15) is 5.82 Å². The molecule has 2 fully saturated rings. The van der Waals surface area contributed by atoms with E-state index in [-0.39, 0.29) is 0 Å². The average molecular weight is 346 g/mol. The van der Waals surface area contributed by atoms with Crippen molar-refractivity contribution in [1.82, 2.24) is 15.0 Å². The maximum atomic E-state index is 5.40. The second kappa shape index (κ2) is 6.90. The van der Waals surface area contributed by atoms with Gasteiger partial charge < -0.3 is 19.9 Å². The van der Waals surface area contributed by atoms with Crippen LogP contribution in [0.5, 0.6) is 0 Å². The molecule has 0 spiro atoms. The van der Waals surface area contributed by atoms with E-state index in [4.69, 9.17) is 4.74 Å². The first-order chi connectivity index (χ1) is 11.8. The number of morpholine rings is 1. The van der Waals surface area contributed by atoms with Gasteiger partial charge in [0.25, 0.3) is 0 Å². The molecule has 2 saturated heterocycles. The first-order valence-corrected chi connectivity index (χ1v) is 9.19. The van der Waals surface area contributed by atoms with Gasteiger partial charge in [-0.25, -0.2) is 9.97 Å². The Hall–Kier alpha value is -1.93. The lowest BCUT2D eigenvalue weighted by molar-refractivity contribution is 0.122. The van der Waals surface area contributed by atoms with Gasteiger partial charge in [-0.2, -0.15) is 4.98 Å². The van der Waals surface area contributed by atoms with E-state index in [2.05, 4.69) is 37.0 Å². The van der Waals surface area contributed by atoms with E-state index in [0.717, 1.165) is 56.8 Å². The molecule has 0 radical (unpaired) electrons. The van der Waals surface area contributed by atoms with E-state index in [1.807, 2.05) is 18.5 Å². The standard InChI is InChI=1S/C16H22N6OS/c1-12-10-18-16(24-12)22-5-3-13(11-22)19-15-17-4-2-14(20-15)21-6-8-23-9-7-21/h2,4,10,13H,3,5-9,11H2,1H3,(H,17,19,20). The fraction of sp³-hybridized carbons (Fsp3) is 0.562. The topological polar surface area (TPSA) is 66.4 Å². The minimum atomic E-state index is 0.356. The Morgan fingerprint density at radius 1 is 1.21 bits per heavy atom. The lowest BCUT2D eigenvalue weighted by atomic mass is 10.3. The molecule has 0 amide bonds. The minimum Gasteiger partial charge on any atom is -0.378 e. The molecule has 24 heavy (non-hydrogen) atoms. The largest absolute Gasteiger partial charge is 0.378 e. The van der Waals surface area contributed by atoms with Crippen molar-refractivity contribution < 1.29 is 4.74 Å². The molecule has 2 aromatic heterocycles. The molecule has 1 N–H and O–H groups in total. The zero-order chi connectivity index (χ0) is 16.4. The van der Waals surface area contributed by atoms with E-state index in [9.17, 15) is 0 Å². The second-order valence-corrected chi connectivity index (χ2v) is 7.38. The summed E-state index contributed by atoms with van der Waals surface area (Å²) >= 11 is 1.75. The van der Waals surface area contributed by atoms with Gasteiger partial charge in [0.05, 0.1) is 13.2 Å². The summed E-state index contributed by atoms with van der Waals surface area (Å²) in [6.07, 6.45) is 4.84. The maximum absolute atomic E-state index is 5.40. The van der Waals surface area contributed by atoms with Crippen LogP contribution in [-0.4, -0.2) is 60.4 Å². The number of hydrogen-bond donors (Lipinski definition) is 1. The first kappa shape index (κ1) is 15.6. The first-order valence-electron chi connectivity index (χ1n) is 8.37. The third kappa shape index (κ3) is 3.44. The monoisotopic (exact) mass is 346 g/mol. The Labute approximate surface area is 145 Å². The summed E-state index contributed by atoms with van der Waals surface area (Å²) in [7, 11) is 0. The lowest BCUT2D eigenvalue weighted by Crippen LogP contribution is -2.37. The molecule has 2 aromatic rings. The predicted octanol–water partition coefficient (Wildman–Crippen LogP) is 1.77. The van der Waals surface area contributed by atoms with Crippen LogP contribution in [0.4, 0.5) is 16.9 Å². The van der Waals surface area contributed by atoms with Crippen LogP contribution in [0.3, 0.4) is 0 Å². The van der Waals surface area contributed by atoms with Crippen LogP contribution >= 0.6 is 11.3 Å². The molecule has 0 bridgehead atoms. The van der Waals surface area contributed by atoms with Crippen LogP contribution in [0, 0.1) is 6.92 Å². The third-order valence-electron chi connectivity index (χ3n) is 4.38. The molecule has 1 atom stereocenters. The number of aromatic nitrogens is 3. The van der Waals surface area contributed by atoms with Crippen molar-refractivity contribution in [2.24, 2.45) is 0 Å². The van der Waals surface area contributed by atoms with Gasteiger partial charge in [0.2, 0.25) is 5.95 Å². The average Bonchev–Trinajstić information content (AvgIpc) is 3.25. The highest BCUT2D eigenvalue weighted by Gasteiger charge is 2.25. The predicted molar refractivity (Wildman–Crippen MR) is 96.2 cm³/mol. The number of aryl methyl sites for hydroxylation is 1. The van der Waals surface area contributed by atoms with E-state index in [1.165, 1.54) is 4.88 Å². The number of rotatable bonds is 4. The molecule has 0 aliphatic carbocycles. The summed E-state index contributed by atoms with van der Waals surface area (Å²) in [4.78, 5) is 19.4. The van der Waals surface area contributed by atoms with Crippen molar-refractivity contribution in [3.05, 3.63) is 23.3 Å². The van der Waals surface area contributed by atoms with Crippen molar-refractivity contribution in [3.63, 3.8) is 0 Å². The minimum absolute atomic E-state index is 0.356. The van der Waals surface area contributed by atoms with E-state index in [0.29, 0.717) is 12.0 Å². The van der Waals surface area contributed by atoms with Crippen molar-refractivity contribution in [2.75, 3.05) is 54.5 Å². The van der Waals surface area contributed by atoms with E-state index >= 15 is 0 Å². The molecule has 2 aliphatic rings. The Morgan fingerprint density at radius 2 is 2.08 bits per heavy atom. The molecule has 4 heterocycles. The summed E-state index contributed by atoms with van der Waals surface area (Å²) in [5.74, 6) is 1.68. The molecule has 4 rings (SSSR count). The van der Waals surface area contributed by atoms with Gasteiger partial charge in [-0.05, 0) is 19.4 Å². The Morgan fingerprint density at radius 3 is 2.88 bits per heavy atom. The molecular weight excluding hydrogens is 324 g/mol. The summed E-state index contributed by atoms with van der Waals surface area (Å²) in [5.41, 5.74) is 0. The fourth-order valence-electron chi connectivity index (χ4n) is 3.11. The highest BCUT2D eigenvalue weighted by Crippen LogP contribution is 2.26. The quantitative estimate of drug-likeness (QED) is 0.905. The van der Waals surface area contributed by atoms with Gasteiger partial charge in [-0.1, -0.05) is 0 Å². The Kier molecular flexibility index (Phi) is 4.48. The highest BCUT2D eigenvalue weighted by atomic mass is 32.1. The Bertz CT molecular complexity index is 687. The third-order valence-corrected chi connectivity index (χ3v) is 5.35. The number of ether oxygens (including phenoxy) is 1.